The number of aliphatic carboxylic acids is 1. The molecule has 2 aliphatic heterocycles. The van der Waals surface area contributed by atoms with Crippen molar-refractivity contribution in [3.8, 4) is 0 Å². The van der Waals surface area contributed by atoms with Gasteiger partial charge in [-0.25, -0.2) is 4.79 Å². The standard InChI is InChI=1S/C18H20ClNO4/c1-11-17(18(22)23)15(12-4-6-13(19)7-5-12)9-16(21)20(11)10-14-3-2-8-24-14/h4-7,14-15H,2-3,8-10H2,1H3,(H,22,23). The van der Waals surface area contributed by atoms with E-state index in [-0.39, 0.29) is 24.0 Å². The average Bonchev–Trinajstić information content (AvgIpc) is 3.04. The number of carbonyl (C=O) groups excluding carboxylic acids is 1. The van der Waals surface area contributed by atoms with E-state index in [0.717, 1.165) is 18.4 Å². The number of carbonyl (C=O) groups is 2. The summed E-state index contributed by atoms with van der Waals surface area (Å²) in [4.78, 5) is 26.1. The molecule has 5 nitrogen and oxygen atoms in total. The molecule has 0 bridgehead atoms. The molecule has 128 valence electrons. The molecule has 2 heterocycles. The minimum absolute atomic E-state index is 0.00831. The zero-order valence-electron chi connectivity index (χ0n) is 13.5. The number of carboxylic acids is 1. The summed E-state index contributed by atoms with van der Waals surface area (Å²) in [5.41, 5.74) is 1.57. The Labute approximate surface area is 145 Å². The van der Waals surface area contributed by atoms with Gasteiger partial charge in [-0.15, -0.1) is 0 Å². The smallest absolute Gasteiger partial charge is 0.333 e. The highest BCUT2D eigenvalue weighted by Gasteiger charge is 2.37. The van der Waals surface area contributed by atoms with Gasteiger partial charge in [-0.1, -0.05) is 23.7 Å². The Hall–Kier alpha value is -1.85. The lowest BCUT2D eigenvalue weighted by Gasteiger charge is -2.35. The van der Waals surface area contributed by atoms with Gasteiger partial charge in [0.1, 0.15) is 0 Å². The van der Waals surface area contributed by atoms with E-state index in [9.17, 15) is 14.7 Å². The topological polar surface area (TPSA) is 66.8 Å². The number of benzene rings is 1. The molecule has 2 aliphatic rings. The number of halogens is 1. The molecule has 0 aromatic heterocycles. The summed E-state index contributed by atoms with van der Waals surface area (Å²) in [5.74, 6) is -1.50. The van der Waals surface area contributed by atoms with Crippen LogP contribution in [0.25, 0.3) is 0 Å². The van der Waals surface area contributed by atoms with Crippen LogP contribution in [-0.4, -0.2) is 41.1 Å². The number of amides is 1. The molecule has 0 aliphatic carbocycles. The van der Waals surface area contributed by atoms with Crippen molar-refractivity contribution in [1.29, 1.82) is 0 Å². The fourth-order valence-electron chi connectivity index (χ4n) is 3.49. The predicted octanol–water partition coefficient (Wildman–Crippen LogP) is 3.19. The van der Waals surface area contributed by atoms with E-state index in [4.69, 9.17) is 16.3 Å². The van der Waals surface area contributed by atoms with Gasteiger partial charge in [0, 0.05) is 29.7 Å². The van der Waals surface area contributed by atoms with Crippen molar-refractivity contribution in [3.63, 3.8) is 0 Å². The Kier molecular flexibility index (Phi) is 4.92. The van der Waals surface area contributed by atoms with Crippen molar-refractivity contribution in [2.24, 2.45) is 0 Å². The molecule has 24 heavy (non-hydrogen) atoms. The van der Waals surface area contributed by atoms with E-state index in [1.807, 2.05) is 0 Å². The molecule has 1 N–H and O–H groups in total. The summed E-state index contributed by atoms with van der Waals surface area (Å²) >= 11 is 5.91. The van der Waals surface area contributed by atoms with Crippen LogP contribution in [0.3, 0.4) is 0 Å². The quantitative estimate of drug-likeness (QED) is 0.906. The van der Waals surface area contributed by atoms with E-state index in [2.05, 4.69) is 0 Å². The zero-order valence-corrected chi connectivity index (χ0v) is 14.3. The van der Waals surface area contributed by atoms with E-state index < -0.39 is 11.9 Å². The third-order valence-corrected chi connectivity index (χ3v) is 4.99. The lowest BCUT2D eigenvalue weighted by molar-refractivity contribution is -0.135. The van der Waals surface area contributed by atoms with Crippen LogP contribution in [0.4, 0.5) is 0 Å². The zero-order chi connectivity index (χ0) is 17.3. The average molecular weight is 350 g/mol. The van der Waals surface area contributed by atoms with Gasteiger partial charge in [-0.3, -0.25) is 4.79 Å². The number of allylic oxidation sites excluding steroid dienone is 1. The maximum atomic E-state index is 12.6. The lowest BCUT2D eigenvalue weighted by atomic mass is 9.83. The van der Waals surface area contributed by atoms with Gasteiger partial charge < -0.3 is 14.7 Å². The van der Waals surface area contributed by atoms with Gasteiger partial charge in [0.25, 0.3) is 0 Å². The summed E-state index contributed by atoms with van der Waals surface area (Å²) in [6.07, 6.45) is 2.02. The maximum Gasteiger partial charge on any atom is 0.333 e. The predicted molar refractivity (Wildman–Crippen MR) is 89.8 cm³/mol. The summed E-state index contributed by atoms with van der Waals surface area (Å²) in [6.45, 7) is 2.84. The molecule has 1 amide bonds. The number of rotatable bonds is 4. The van der Waals surface area contributed by atoms with Gasteiger partial charge in [0.2, 0.25) is 5.91 Å². The number of ether oxygens (including phenoxy) is 1. The Morgan fingerprint density at radius 3 is 2.67 bits per heavy atom. The minimum atomic E-state index is -0.989. The Morgan fingerprint density at radius 1 is 1.38 bits per heavy atom. The van der Waals surface area contributed by atoms with Crippen molar-refractivity contribution >= 4 is 23.5 Å². The van der Waals surface area contributed by atoms with Gasteiger partial charge in [0.15, 0.2) is 0 Å². The molecule has 0 spiro atoms. The monoisotopic (exact) mass is 349 g/mol. The Morgan fingerprint density at radius 2 is 2.08 bits per heavy atom. The highest BCUT2D eigenvalue weighted by molar-refractivity contribution is 6.30. The first-order valence-corrected chi connectivity index (χ1v) is 8.46. The van der Waals surface area contributed by atoms with Gasteiger partial charge in [-0.2, -0.15) is 0 Å². The molecule has 1 aromatic carbocycles. The third-order valence-electron chi connectivity index (χ3n) is 4.74. The molecular weight excluding hydrogens is 330 g/mol. The number of nitrogens with zero attached hydrogens (tertiary/aromatic N) is 1. The van der Waals surface area contributed by atoms with E-state index >= 15 is 0 Å². The molecule has 1 saturated heterocycles. The van der Waals surface area contributed by atoms with Gasteiger partial charge >= 0.3 is 5.97 Å². The molecule has 3 rings (SSSR count). The normalized spacial score (nSPS) is 24.6. The van der Waals surface area contributed by atoms with E-state index in [1.165, 1.54) is 0 Å². The van der Waals surface area contributed by atoms with E-state index in [0.29, 0.717) is 23.9 Å². The second-order valence-corrected chi connectivity index (χ2v) is 6.69. The van der Waals surface area contributed by atoms with E-state index in [1.54, 1.807) is 36.1 Å². The summed E-state index contributed by atoms with van der Waals surface area (Å²) < 4.78 is 5.59. The molecule has 1 fully saturated rings. The van der Waals surface area contributed by atoms with Crippen LogP contribution < -0.4 is 0 Å². The van der Waals surface area contributed by atoms with Crippen molar-refractivity contribution in [2.45, 2.75) is 38.2 Å². The molecule has 0 radical (unpaired) electrons. The van der Waals surface area contributed by atoms with Crippen LogP contribution in [0.2, 0.25) is 5.02 Å². The Balaban J connectivity index is 1.94. The van der Waals surface area contributed by atoms with Crippen molar-refractivity contribution < 1.29 is 19.4 Å². The van der Waals surface area contributed by atoms with Crippen molar-refractivity contribution in [3.05, 3.63) is 46.1 Å². The third kappa shape index (κ3) is 3.32. The van der Waals surface area contributed by atoms with Gasteiger partial charge in [-0.05, 0) is 37.5 Å². The molecule has 6 heteroatoms. The number of carboxylic acid groups (broad SMARTS) is 1. The van der Waals surface area contributed by atoms with Crippen LogP contribution in [0, 0.1) is 0 Å². The van der Waals surface area contributed by atoms with Crippen molar-refractivity contribution in [1.82, 2.24) is 4.90 Å². The fraction of sp³-hybridized carbons (Fsp3) is 0.444. The van der Waals surface area contributed by atoms with Crippen LogP contribution in [0.5, 0.6) is 0 Å². The first-order chi connectivity index (χ1) is 11.5. The fourth-order valence-corrected chi connectivity index (χ4v) is 3.61. The summed E-state index contributed by atoms with van der Waals surface area (Å²) in [6, 6.07) is 7.00. The number of hydrogen-bond acceptors (Lipinski definition) is 3. The highest BCUT2D eigenvalue weighted by Crippen LogP contribution is 2.37. The SMILES string of the molecule is CC1=C(C(=O)O)C(c2ccc(Cl)cc2)CC(=O)N1CC1CCCO1. The molecule has 2 unspecified atom stereocenters. The van der Waals surface area contributed by atoms with Crippen LogP contribution in [0.1, 0.15) is 37.7 Å². The van der Waals surface area contributed by atoms with Gasteiger partial charge in [0.05, 0.1) is 18.2 Å². The van der Waals surface area contributed by atoms with Crippen LogP contribution >= 0.6 is 11.6 Å². The minimum Gasteiger partial charge on any atom is -0.478 e. The number of hydrogen-bond donors (Lipinski definition) is 1. The molecular formula is C18H20ClNO4. The van der Waals surface area contributed by atoms with Crippen molar-refractivity contribution in [2.75, 3.05) is 13.2 Å². The van der Waals surface area contributed by atoms with Crippen LogP contribution in [-0.2, 0) is 14.3 Å². The molecule has 2 atom stereocenters. The highest BCUT2D eigenvalue weighted by atomic mass is 35.5. The maximum absolute atomic E-state index is 12.6. The first-order valence-electron chi connectivity index (χ1n) is 8.09. The summed E-state index contributed by atoms with van der Waals surface area (Å²) in [7, 11) is 0. The Bertz CT molecular complexity index is 677. The summed E-state index contributed by atoms with van der Waals surface area (Å²) in [5, 5.41) is 10.3. The lowest BCUT2D eigenvalue weighted by Crippen LogP contribution is -2.41. The molecule has 0 saturated carbocycles. The second kappa shape index (κ2) is 6.95. The van der Waals surface area contributed by atoms with Crippen LogP contribution in [0.15, 0.2) is 35.5 Å². The first kappa shape index (κ1) is 17.0. The largest absolute Gasteiger partial charge is 0.478 e. The molecule has 1 aromatic rings. The second-order valence-electron chi connectivity index (χ2n) is 6.25.